The number of rotatable bonds is 7. The Morgan fingerprint density at radius 2 is 2.00 bits per heavy atom. The summed E-state index contributed by atoms with van der Waals surface area (Å²) in [5.41, 5.74) is 1.59. The fraction of sp³-hybridized carbons (Fsp3) is 0.529. The van der Waals surface area contributed by atoms with Crippen LogP contribution in [0.1, 0.15) is 35.7 Å². The number of carbonyl (C=O) groups excluding carboxylic acids is 2. The van der Waals surface area contributed by atoms with E-state index in [1.807, 2.05) is 12.1 Å². The second kappa shape index (κ2) is 11.0. The summed E-state index contributed by atoms with van der Waals surface area (Å²) >= 11 is 0. The Labute approximate surface area is 149 Å². The predicted molar refractivity (Wildman–Crippen MR) is 95.4 cm³/mol. The van der Waals surface area contributed by atoms with Crippen molar-refractivity contribution < 1.29 is 14.3 Å². The van der Waals surface area contributed by atoms with Gasteiger partial charge in [-0.2, -0.15) is 0 Å². The summed E-state index contributed by atoms with van der Waals surface area (Å²) in [6.45, 7) is 5.09. The van der Waals surface area contributed by atoms with Gasteiger partial charge in [-0.25, -0.2) is 0 Å². The number of hydrogen-bond acceptors (Lipinski definition) is 4. The van der Waals surface area contributed by atoms with Crippen LogP contribution in [0.3, 0.4) is 0 Å². The summed E-state index contributed by atoms with van der Waals surface area (Å²) in [6.07, 6.45) is 1.61. The normalized spacial score (nSPS) is 16.8. The van der Waals surface area contributed by atoms with E-state index in [0.717, 1.165) is 24.9 Å². The van der Waals surface area contributed by atoms with Gasteiger partial charge in [0.2, 0.25) is 0 Å². The zero-order valence-electron chi connectivity index (χ0n) is 14.0. The Balaban J connectivity index is 0.00000288. The minimum atomic E-state index is -0.424. The van der Waals surface area contributed by atoms with E-state index in [1.165, 1.54) is 0 Å². The first-order valence-electron chi connectivity index (χ1n) is 8.18. The number of hydrogen-bond donors (Lipinski definition) is 3. The van der Waals surface area contributed by atoms with Gasteiger partial charge in [-0.3, -0.25) is 9.59 Å². The molecule has 0 saturated carbocycles. The Morgan fingerprint density at radius 3 is 2.62 bits per heavy atom. The number of benzene rings is 1. The highest BCUT2D eigenvalue weighted by atomic mass is 35.5. The molecule has 3 N–H and O–H groups in total. The molecule has 1 atom stereocenters. The van der Waals surface area contributed by atoms with Crippen LogP contribution in [-0.4, -0.2) is 44.2 Å². The summed E-state index contributed by atoms with van der Waals surface area (Å²) < 4.78 is 5.40. The number of amides is 2. The van der Waals surface area contributed by atoms with Crippen molar-refractivity contribution in [3.05, 3.63) is 35.4 Å². The van der Waals surface area contributed by atoms with Crippen molar-refractivity contribution in [3.8, 4) is 0 Å². The third kappa shape index (κ3) is 6.47. The number of morpholine rings is 1. The van der Waals surface area contributed by atoms with Crippen molar-refractivity contribution in [1.29, 1.82) is 0 Å². The van der Waals surface area contributed by atoms with Crippen LogP contribution >= 0.6 is 12.4 Å². The lowest BCUT2D eigenvalue weighted by atomic mass is 10.1. The number of halogens is 1. The molecule has 1 aliphatic rings. The van der Waals surface area contributed by atoms with E-state index in [4.69, 9.17) is 4.74 Å². The average Bonchev–Trinajstić information content (AvgIpc) is 2.61. The molecule has 0 aromatic heterocycles. The molecule has 2 rings (SSSR count). The molecule has 1 aliphatic heterocycles. The van der Waals surface area contributed by atoms with Crippen molar-refractivity contribution in [2.75, 3.05) is 26.2 Å². The largest absolute Gasteiger partial charge is 0.366 e. The van der Waals surface area contributed by atoms with Crippen LogP contribution in [0.15, 0.2) is 24.3 Å². The van der Waals surface area contributed by atoms with Gasteiger partial charge < -0.3 is 20.7 Å². The van der Waals surface area contributed by atoms with E-state index in [0.29, 0.717) is 31.8 Å². The maximum atomic E-state index is 12.0. The molecular weight excluding hydrogens is 330 g/mol. The zero-order valence-corrected chi connectivity index (χ0v) is 14.8. The molecule has 0 spiro atoms. The summed E-state index contributed by atoms with van der Waals surface area (Å²) in [6, 6.07) is 7.27. The van der Waals surface area contributed by atoms with Crippen molar-refractivity contribution in [3.63, 3.8) is 0 Å². The first kappa shape index (κ1) is 20.4. The Hall–Kier alpha value is -1.63. The first-order chi connectivity index (χ1) is 11.2. The van der Waals surface area contributed by atoms with Gasteiger partial charge in [-0.1, -0.05) is 25.5 Å². The first-order valence-corrected chi connectivity index (χ1v) is 8.18. The molecule has 1 unspecified atom stereocenters. The van der Waals surface area contributed by atoms with E-state index in [1.54, 1.807) is 12.1 Å². The fourth-order valence-corrected chi connectivity index (χ4v) is 2.29. The van der Waals surface area contributed by atoms with Gasteiger partial charge in [0.1, 0.15) is 6.10 Å². The second-order valence-electron chi connectivity index (χ2n) is 5.59. The summed E-state index contributed by atoms with van der Waals surface area (Å²) in [5, 5.41) is 8.86. The van der Waals surface area contributed by atoms with Gasteiger partial charge in [0.25, 0.3) is 11.8 Å². The van der Waals surface area contributed by atoms with Crippen LogP contribution in [0.2, 0.25) is 0 Å². The van der Waals surface area contributed by atoms with Gasteiger partial charge in [0, 0.05) is 31.7 Å². The van der Waals surface area contributed by atoms with E-state index in [2.05, 4.69) is 22.9 Å². The van der Waals surface area contributed by atoms with Crippen LogP contribution in [0.25, 0.3) is 0 Å². The molecule has 0 radical (unpaired) electrons. The van der Waals surface area contributed by atoms with Crippen LogP contribution < -0.4 is 16.0 Å². The SMILES string of the molecule is CCCCNC(=O)c1ccc(CNC(=O)C2CNCCO2)cc1.Cl. The molecule has 1 aromatic rings. The van der Waals surface area contributed by atoms with Crippen LogP contribution in [-0.2, 0) is 16.1 Å². The highest BCUT2D eigenvalue weighted by Crippen LogP contribution is 2.05. The summed E-state index contributed by atoms with van der Waals surface area (Å²) in [4.78, 5) is 23.9. The molecule has 24 heavy (non-hydrogen) atoms. The molecule has 1 saturated heterocycles. The monoisotopic (exact) mass is 355 g/mol. The van der Waals surface area contributed by atoms with Crippen molar-refractivity contribution >= 4 is 24.2 Å². The zero-order chi connectivity index (χ0) is 16.5. The minimum Gasteiger partial charge on any atom is -0.366 e. The van der Waals surface area contributed by atoms with E-state index < -0.39 is 6.10 Å². The third-order valence-corrected chi connectivity index (χ3v) is 3.72. The van der Waals surface area contributed by atoms with E-state index in [-0.39, 0.29) is 24.2 Å². The highest BCUT2D eigenvalue weighted by Gasteiger charge is 2.21. The van der Waals surface area contributed by atoms with Gasteiger partial charge in [0.15, 0.2) is 0 Å². The average molecular weight is 356 g/mol. The van der Waals surface area contributed by atoms with Gasteiger partial charge in [-0.15, -0.1) is 12.4 Å². The van der Waals surface area contributed by atoms with Crippen LogP contribution in [0.4, 0.5) is 0 Å². The number of nitrogens with one attached hydrogen (secondary N) is 3. The van der Waals surface area contributed by atoms with Crippen molar-refractivity contribution in [2.45, 2.75) is 32.4 Å². The molecule has 1 aromatic carbocycles. The van der Waals surface area contributed by atoms with Crippen LogP contribution in [0, 0.1) is 0 Å². The van der Waals surface area contributed by atoms with E-state index in [9.17, 15) is 9.59 Å². The number of carbonyl (C=O) groups is 2. The number of ether oxygens (including phenoxy) is 1. The van der Waals surface area contributed by atoms with Crippen molar-refractivity contribution in [1.82, 2.24) is 16.0 Å². The van der Waals surface area contributed by atoms with Crippen molar-refractivity contribution in [2.24, 2.45) is 0 Å². The molecule has 1 heterocycles. The summed E-state index contributed by atoms with van der Waals surface area (Å²) in [7, 11) is 0. The second-order valence-corrected chi connectivity index (χ2v) is 5.59. The molecular formula is C17H26ClN3O3. The molecule has 134 valence electrons. The quantitative estimate of drug-likeness (QED) is 0.643. The standard InChI is InChI=1S/C17H25N3O3.ClH/c1-2-3-8-19-16(21)14-6-4-13(5-7-14)11-20-17(22)15-12-18-9-10-23-15;/h4-7,15,18H,2-3,8-12H2,1H3,(H,19,21)(H,20,22);1H. The lowest BCUT2D eigenvalue weighted by Crippen LogP contribution is -2.47. The Bertz CT molecular complexity index is 516. The van der Waals surface area contributed by atoms with Crippen LogP contribution in [0.5, 0.6) is 0 Å². The third-order valence-electron chi connectivity index (χ3n) is 3.72. The summed E-state index contributed by atoms with van der Waals surface area (Å²) in [5.74, 6) is -0.172. The molecule has 1 fully saturated rings. The fourth-order valence-electron chi connectivity index (χ4n) is 2.29. The smallest absolute Gasteiger partial charge is 0.251 e. The molecule has 7 heteroatoms. The lowest BCUT2D eigenvalue weighted by molar-refractivity contribution is -0.134. The minimum absolute atomic E-state index is 0. The van der Waals surface area contributed by atoms with E-state index >= 15 is 0 Å². The molecule has 6 nitrogen and oxygen atoms in total. The number of unbranched alkanes of at least 4 members (excludes halogenated alkanes) is 1. The lowest BCUT2D eigenvalue weighted by Gasteiger charge is -2.22. The highest BCUT2D eigenvalue weighted by molar-refractivity contribution is 5.94. The molecule has 0 aliphatic carbocycles. The maximum Gasteiger partial charge on any atom is 0.251 e. The van der Waals surface area contributed by atoms with Gasteiger partial charge in [0.05, 0.1) is 6.61 Å². The van der Waals surface area contributed by atoms with Gasteiger partial charge >= 0.3 is 0 Å². The Kier molecular flexibility index (Phi) is 9.37. The Morgan fingerprint density at radius 1 is 1.25 bits per heavy atom. The molecule has 2 amide bonds. The molecule has 0 bridgehead atoms. The van der Waals surface area contributed by atoms with Gasteiger partial charge in [-0.05, 0) is 24.1 Å². The predicted octanol–water partition coefficient (Wildman–Crippen LogP) is 1.24. The topological polar surface area (TPSA) is 79.5 Å². The maximum absolute atomic E-state index is 12.0.